The lowest BCUT2D eigenvalue weighted by Crippen LogP contribution is -2.43. The number of rotatable bonds is 0. The molecule has 0 aromatic heterocycles. The number of fused-ring (bicyclic) bond motifs is 1. The number of hydrazone groups is 1. The van der Waals surface area contributed by atoms with Crippen LogP contribution in [0.3, 0.4) is 0 Å². The Balaban J connectivity index is 2.68. The van der Waals surface area contributed by atoms with Crippen molar-refractivity contribution >= 4 is 28.9 Å². The van der Waals surface area contributed by atoms with Gasteiger partial charge in [-0.2, -0.15) is 5.10 Å². The van der Waals surface area contributed by atoms with Gasteiger partial charge in [-0.15, -0.1) is 0 Å². The summed E-state index contributed by atoms with van der Waals surface area (Å²) in [5.74, 6) is 5.25. The predicted molar refractivity (Wildman–Crippen MR) is 64.6 cm³/mol. The molecule has 1 aromatic rings. The highest BCUT2D eigenvalue weighted by Crippen LogP contribution is 2.34. The summed E-state index contributed by atoms with van der Waals surface area (Å²) >= 11 is 5.92. The number of anilines is 1. The number of hydrogen-bond donors (Lipinski definition) is 2. The van der Waals surface area contributed by atoms with E-state index in [1.165, 1.54) is 0 Å². The van der Waals surface area contributed by atoms with Gasteiger partial charge in [0, 0.05) is 10.6 Å². The SMILES string of the molecule is CC1(C)C(=O)Nc2ccc(Cl)cc2/C1=N\N. The van der Waals surface area contributed by atoms with Gasteiger partial charge < -0.3 is 11.2 Å². The minimum atomic E-state index is -0.744. The van der Waals surface area contributed by atoms with E-state index in [1.54, 1.807) is 32.0 Å². The van der Waals surface area contributed by atoms with Crippen LogP contribution in [0.25, 0.3) is 0 Å². The summed E-state index contributed by atoms with van der Waals surface area (Å²) in [6.07, 6.45) is 0. The molecule has 0 spiro atoms. The van der Waals surface area contributed by atoms with E-state index in [1.807, 2.05) is 0 Å². The van der Waals surface area contributed by atoms with Crippen LogP contribution in [0.5, 0.6) is 0 Å². The Morgan fingerprint density at radius 3 is 2.75 bits per heavy atom. The first-order valence-corrected chi connectivity index (χ1v) is 5.24. The molecule has 0 radical (unpaired) electrons. The monoisotopic (exact) mass is 237 g/mol. The summed E-state index contributed by atoms with van der Waals surface area (Å²) in [5, 5.41) is 7.13. The van der Waals surface area contributed by atoms with Crippen LogP contribution in [-0.4, -0.2) is 11.6 Å². The molecule has 1 amide bonds. The highest BCUT2D eigenvalue weighted by atomic mass is 35.5. The van der Waals surface area contributed by atoms with Gasteiger partial charge in [-0.25, -0.2) is 0 Å². The lowest BCUT2D eigenvalue weighted by molar-refractivity contribution is -0.121. The fraction of sp³-hybridized carbons (Fsp3) is 0.273. The molecule has 4 nitrogen and oxygen atoms in total. The van der Waals surface area contributed by atoms with E-state index >= 15 is 0 Å². The topological polar surface area (TPSA) is 67.5 Å². The molecule has 0 bridgehead atoms. The second-order valence-corrected chi connectivity index (χ2v) is 4.68. The first kappa shape index (κ1) is 11.0. The molecule has 2 rings (SSSR count). The summed E-state index contributed by atoms with van der Waals surface area (Å²) in [4.78, 5) is 11.9. The standard InChI is InChI=1S/C11H12ClN3O/c1-11(2)9(15-13)7-5-6(12)3-4-8(7)14-10(11)16/h3-5H,13H2,1-2H3,(H,14,16)/b15-9+. The molecule has 5 heteroatoms. The molecule has 0 aliphatic carbocycles. The Morgan fingerprint density at radius 1 is 1.44 bits per heavy atom. The molecule has 0 atom stereocenters. The van der Waals surface area contributed by atoms with E-state index in [0.29, 0.717) is 16.4 Å². The first-order chi connectivity index (χ1) is 7.46. The molecule has 84 valence electrons. The van der Waals surface area contributed by atoms with Crippen molar-refractivity contribution in [3.8, 4) is 0 Å². The fourth-order valence-electron chi connectivity index (χ4n) is 1.78. The second-order valence-electron chi connectivity index (χ2n) is 4.25. The Morgan fingerprint density at radius 2 is 2.12 bits per heavy atom. The maximum absolute atomic E-state index is 11.9. The Hall–Kier alpha value is -1.55. The van der Waals surface area contributed by atoms with Crippen molar-refractivity contribution in [2.24, 2.45) is 16.4 Å². The normalized spacial score (nSPS) is 20.4. The number of benzene rings is 1. The van der Waals surface area contributed by atoms with Crippen molar-refractivity contribution in [2.75, 3.05) is 5.32 Å². The number of nitrogens with one attached hydrogen (secondary N) is 1. The minimum absolute atomic E-state index is 0.119. The zero-order valence-electron chi connectivity index (χ0n) is 9.04. The maximum Gasteiger partial charge on any atom is 0.236 e. The number of halogens is 1. The molecule has 3 N–H and O–H groups in total. The van der Waals surface area contributed by atoms with Crippen LogP contribution in [0.15, 0.2) is 23.3 Å². The number of hydrogen-bond acceptors (Lipinski definition) is 3. The molecule has 0 fully saturated rings. The van der Waals surface area contributed by atoms with Crippen molar-refractivity contribution in [2.45, 2.75) is 13.8 Å². The Bertz CT molecular complexity index is 494. The van der Waals surface area contributed by atoms with E-state index < -0.39 is 5.41 Å². The number of nitrogens with two attached hydrogens (primary N) is 1. The van der Waals surface area contributed by atoms with Gasteiger partial charge >= 0.3 is 0 Å². The number of carbonyl (C=O) groups is 1. The third kappa shape index (κ3) is 1.46. The van der Waals surface area contributed by atoms with E-state index in [0.717, 1.165) is 5.56 Å². The summed E-state index contributed by atoms with van der Waals surface area (Å²) in [5.41, 5.74) is 1.28. The molecule has 1 aliphatic rings. The number of amides is 1. The van der Waals surface area contributed by atoms with E-state index in [-0.39, 0.29) is 5.91 Å². The Kier molecular flexibility index (Phi) is 2.39. The van der Waals surface area contributed by atoms with E-state index in [9.17, 15) is 4.79 Å². The summed E-state index contributed by atoms with van der Waals surface area (Å²) in [7, 11) is 0. The van der Waals surface area contributed by atoms with Crippen LogP contribution >= 0.6 is 11.6 Å². The molecular formula is C11H12ClN3O. The zero-order chi connectivity index (χ0) is 11.9. The largest absolute Gasteiger partial charge is 0.325 e. The quantitative estimate of drug-likeness (QED) is 0.535. The van der Waals surface area contributed by atoms with E-state index in [2.05, 4.69) is 10.4 Å². The smallest absolute Gasteiger partial charge is 0.236 e. The molecule has 1 aromatic carbocycles. The van der Waals surface area contributed by atoms with Gasteiger partial charge in [0.25, 0.3) is 0 Å². The average Bonchev–Trinajstić information content (AvgIpc) is 2.21. The fourth-order valence-corrected chi connectivity index (χ4v) is 1.95. The van der Waals surface area contributed by atoms with Gasteiger partial charge in [0.1, 0.15) is 0 Å². The van der Waals surface area contributed by atoms with Crippen LogP contribution in [0, 0.1) is 5.41 Å². The van der Waals surface area contributed by atoms with Gasteiger partial charge in [0.05, 0.1) is 16.8 Å². The molecule has 1 heterocycles. The average molecular weight is 238 g/mol. The molecule has 0 saturated heterocycles. The summed E-state index contributed by atoms with van der Waals surface area (Å²) in [6.45, 7) is 3.55. The molecule has 0 unspecified atom stereocenters. The zero-order valence-corrected chi connectivity index (χ0v) is 9.80. The van der Waals surface area contributed by atoms with Crippen LogP contribution in [0.4, 0.5) is 5.69 Å². The van der Waals surface area contributed by atoms with Gasteiger partial charge in [-0.1, -0.05) is 11.6 Å². The third-order valence-electron chi connectivity index (χ3n) is 2.77. The highest BCUT2D eigenvalue weighted by Gasteiger charge is 2.39. The van der Waals surface area contributed by atoms with Gasteiger partial charge in [0.15, 0.2) is 0 Å². The van der Waals surface area contributed by atoms with Crippen molar-refractivity contribution in [3.63, 3.8) is 0 Å². The highest BCUT2D eigenvalue weighted by molar-refractivity contribution is 6.32. The van der Waals surface area contributed by atoms with Crippen LogP contribution in [-0.2, 0) is 4.79 Å². The lowest BCUT2D eigenvalue weighted by Gasteiger charge is -2.31. The van der Waals surface area contributed by atoms with Crippen molar-refractivity contribution in [1.82, 2.24) is 0 Å². The summed E-state index contributed by atoms with van der Waals surface area (Å²) in [6, 6.07) is 5.22. The molecule has 0 saturated carbocycles. The first-order valence-electron chi connectivity index (χ1n) is 4.86. The Labute approximate surface area is 98.5 Å². The predicted octanol–water partition coefficient (Wildman–Crippen LogP) is 1.98. The lowest BCUT2D eigenvalue weighted by atomic mass is 9.79. The van der Waals surface area contributed by atoms with Crippen molar-refractivity contribution in [3.05, 3.63) is 28.8 Å². The maximum atomic E-state index is 11.9. The third-order valence-corrected chi connectivity index (χ3v) is 3.01. The van der Waals surface area contributed by atoms with Gasteiger partial charge in [0.2, 0.25) is 5.91 Å². The van der Waals surface area contributed by atoms with Gasteiger partial charge in [-0.05, 0) is 32.0 Å². The van der Waals surface area contributed by atoms with Gasteiger partial charge in [-0.3, -0.25) is 4.79 Å². The number of carbonyl (C=O) groups excluding carboxylic acids is 1. The second kappa shape index (κ2) is 3.49. The van der Waals surface area contributed by atoms with Crippen molar-refractivity contribution < 1.29 is 4.79 Å². The molecule has 16 heavy (non-hydrogen) atoms. The molecule has 1 aliphatic heterocycles. The molecular weight excluding hydrogens is 226 g/mol. The van der Waals surface area contributed by atoms with E-state index in [4.69, 9.17) is 17.4 Å². The minimum Gasteiger partial charge on any atom is -0.325 e. The number of nitrogens with zero attached hydrogens (tertiary/aromatic N) is 1. The van der Waals surface area contributed by atoms with Crippen molar-refractivity contribution in [1.29, 1.82) is 0 Å². The van der Waals surface area contributed by atoms with Crippen LogP contribution in [0.2, 0.25) is 5.02 Å². The summed E-state index contributed by atoms with van der Waals surface area (Å²) < 4.78 is 0. The van der Waals surface area contributed by atoms with Crippen LogP contribution in [0.1, 0.15) is 19.4 Å². The van der Waals surface area contributed by atoms with Crippen LogP contribution < -0.4 is 11.2 Å².